The SMILES string of the molecule is CCNC(=NCCCC1CCCCC1)NC1CCc2nc(COC)nn2C1. The first-order valence-corrected chi connectivity index (χ1v) is 10.7. The number of aliphatic imine (C=N–C) groups is 1. The van der Waals surface area contributed by atoms with Crippen molar-refractivity contribution in [1.82, 2.24) is 25.4 Å². The van der Waals surface area contributed by atoms with E-state index < -0.39 is 0 Å². The van der Waals surface area contributed by atoms with Crippen molar-refractivity contribution in [2.75, 3.05) is 20.2 Å². The predicted molar refractivity (Wildman–Crippen MR) is 108 cm³/mol. The average molecular weight is 377 g/mol. The Morgan fingerprint density at radius 2 is 2.11 bits per heavy atom. The Bertz CT molecular complexity index is 593. The first-order chi connectivity index (χ1) is 13.3. The Balaban J connectivity index is 1.46. The molecular weight excluding hydrogens is 340 g/mol. The maximum Gasteiger partial charge on any atom is 0.191 e. The first-order valence-electron chi connectivity index (χ1n) is 10.7. The topological polar surface area (TPSA) is 76.4 Å². The van der Waals surface area contributed by atoms with E-state index in [1.165, 1.54) is 44.9 Å². The van der Waals surface area contributed by atoms with E-state index in [0.717, 1.165) is 56.0 Å². The van der Waals surface area contributed by atoms with Gasteiger partial charge in [-0.05, 0) is 32.1 Å². The Kier molecular flexibility index (Phi) is 7.93. The van der Waals surface area contributed by atoms with Gasteiger partial charge in [-0.25, -0.2) is 9.67 Å². The second-order valence-corrected chi connectivity index (χ2v) is 7.85. The van der Waals surface area contributed by atoms with Crippen molar-refractivity contribution in [3.05, 3.63) is 11.6 Å². The van der Waals surface area contributed by atoms with Gasteiger partial charge in [-0.2, -0.15) is 5.10 Å². The van der Waals surface area contributed by atoms with E-state index in [0.29, 0.717) is 12.6 Å². The van der Waals surface area contributed by atoms with Crippen LogP contribution in [-0.2, 0) is 24.3 Å². The standard InChI is InChI=1S/C20H36N6O/c1-3-21-20(22-13-7-10-16-8-5-4-6-9-16)23-17-11-12-19-24-18(15-27-2)25-26(19)14-17/h16-17H,3-15H2,1-2H3,(H2,21,22,23). The van der Waals surface area contributed by atoms with E-state index >= 15 is 0 Å². The van der Waals surface area contributed by atoms with Gasteiger partial charge >= 0.3 is 0 Å². The van der Waals surface area contributed by atoms with Gasteiger partial charge in [-0.15, -0.1) is 0 Å². The average Bonchev–Trinajstić information content (AvgIpc) is 3.08. The fourth-order valence-corrected chi connectivity index (χ4v) is 4.23. The summed E-state index contributed by atoms with van der Waals surface area (Å²) in [6, 6.07) is 0.339. The molecule has 0 amide bonds. The molecule has 7 nitrogen and oxygen atoms in total. The molecule has 1 saturated carbocycles. The lowest BCUT2D eigenvalue weighted by molar-refractivity contribution is 0.177. The highest BCUT2D eigenvalue weighted by Gasteiger charge is 2.22. The van der Waals surface area contributed by atoms with E-state index in [2.05, 4.69) is 27.6 Å². The lowest BCUT2D eigenvalue weighted by atomic mass is 9.86. The number of hydrogen-bond donors (Lipinski definition) is 2. The van der Waals surface area contributed by atoms with Gasteiger partial charge in [0, 0.05) is 32.7 Å². The third kappa shape index (κ3) is 6.19. The Labute approximate surface area is 163 Å². The molecule has 3 rings (SSSR count). The summed E-state index contributed by atoms with van der Waals surface area (Å²) in [5.41, 5.74) is 0. The quantitative estimate of drug-likeness (QED) is 0.414. The fourth-order valence-electron chi connectivity index (χ4n) is 4.23. The molecule has 2 N–H and O–H groups in total. The van der Waals surface area contributed by atoms with Crippen LogP contribution in [0.3, 0.4) is 0 Å². The molecule has 2 aliphatic rings. The minimum absolute atomic E-state index is 0.339. The molecule has 27 heavy (non-hydrogen) atoms. The minimum Gasteiger partial charge on any atom is -0.377 e. The first kappa shape index (κ1) is 20.1. The minimum atomic E-state index is 0.339. The summed E-state index contributed by atoms with van der Waals surface area (Å²) in [5.74, 6) is 3.72. The summed E-state index contributed by atoms with van der Waals surface area (Å²) in [5, 5.41) is 11.5. The molecule has 1 aromatic rings. The summed E-state index contributed by atoms with van der Waals surface area (Å²) in [6.07, 6.45) is 11.7. The van der Waals surface area contributed by atoms with E-state index in [1.54, 1.807) is 7.11 Å². The smallest absolute Gasteiger partial charge is 0.191 e. The van der Waals surface area contributed by atoms with Crippen LogP contribution in [0.1, 0.15) is 69.9 Å². The number of fused-ring (bicyclic) bond motifs is 1. The van der Waals surface area contributed by atoms with Crippen LogP contribution < -0.4 is 10.6 Å². The van der Waals surface area contributed by atoms with Gasteiger partial charge in [0.25, 0.3) is 0 Å². The second-order valence-electron chi connectivity index (χ2n) is 7.85. The van der Waals surface area contributed by atoms with Crippen molar-refractivity contribution >= 4 is 5.96 Å². The third-order valence-electron chi connectivity index (χ3n) is 5.63. The van der Waals surface area contributed by atoms with Gasteiger partial charge in [0.1, 0.15) is 12.4 Å². The monoisotopic (exact) mass is 376 g/mol. The Hall–Kier alpha value is -1.63. The van der Waals surface area contributed by atoms with Crippen molar-refractivity contribution in [2.24, 2.45) is 10.9 Å². The molecule has 0 bridgehead atoms. The van der Waals surface area contributed by atoms with Crippen molar-refractivity contribution in [3.63, 3.8) is 0 Å². The summed E-state index contributed by atoms with van der Waals surface area (Å²) in [6.45, 7) is 5.22. The second kappa shape index (κ2) is 10.6. The van der Waals surface area contributed by atoms with E-state index in [4.69, 9.17) is 9.73 Å². The van der Waals surface area contributed by atoms with Crippen LogP contribution >= 0.6 is 0 Å². The van der Waals surface area contributed by atoms with Crippen molar-refractivity contribution < 1.29 is 4.74 Å². The van der Waals surface area contributed by atoms with E-state index in [9.17, 15) is 0 Å². The highest BCUT2D eigenvalue weighted by atomic mass is 16.5. The molecule has 152 valence electrons. The molecule has 0 radical (unpaired) electrons. The van der Waals surface area contributed by atoms with Gasteiger partial charge < -0.3 is 15.4 Å². The van der Waals surface area contributed by atoms with Crippen LogP contribution in [0.2, 0.25) is 0 Å². The normalized spacial score (nSPS) is 21.1. The number of hydrogen-bond acceptors (Lipinski definition) is 4. The summed E-state index contributed by atoms with van der Waals surface area (Å²) in [4.78, 5) is 9.36. The molecule has 1 aliphatic heterocycles. The van der Waals surface area contributed by atoms with E-state index in [1.807, 2.05) is 4.68 Å². The van der Waals surface area contributed by atoms with Crippen LogP contribution in [-0.4, -0.2) is 47.0 Å². The number of aromatic nitrogens is 3. The van der Waals surface area contributed by atoms with Crippen LogP contribution in [0, 0.1) is 5.92 Å². The molecule has 1 aromatic heterocycles. The molecule has 2 heterocycles. The third-order valence-corrected chi connectivity index (χ3v) is 5.63. The maximum atomic E-state index is 5.14. The predicted octanol–water partition coefficient (Wildman–Crippen LogP) is 2.65. The Morgan fingerprint density at radius 1 is 1.26 bits per heavy atom. The highest BCUT2D eigenvalue weighted by Crippen LogP contribution is 2.27. The fraction of sp³-hybridized carbons (Fsp3) is 0.850. The van der Waals surface area contributed by atoms with Gasteiger partial charge in [-0.3, -0.25) is 4.99 Å². The molecule has 7 heteroatoms. The maximum absolute atomic E-state index is 5.14. The van der Waals surface area contributed by atoms with Gasteiger partial charge in [0.05, 0.1) is 6.54 Å². The zero-order chi connectivity index (χ0) is 18.9. The number of rotatable bonds is 8. The molecule has 1 fully saturated rings. The van der Waals surface area contributed by atoms with Gasteiger partial charge in [-0.1, -0.05) is 32.1 Å². The summed E-state index contributed by atoms with van der Waals surface area (Å²) < 4.78 is 7.16. The lowest BCUT2D eigenvalue weighted by Gasteiger charge is -2.25. The molecule has 0 saturated heterocycles. The zero-order valence-corrected chi connectivity index (χ0v) is 17.0. The number of guanidine groups is 1. The van der Waals surface area contributed by atoms with Crippen molar-refractivity contribution in [3.8, 4) is 0 Å². The number of methoxy groups -OCH3 is 1. The van der Waals surface area contributed by atoms with Gasteiger partial charge in [0.2, 0.25) is 0 Å². The number of nitrogens with zero attached hydrogens (tertiary/aromatic N) is 4. The summed E-state index contributed by atoms with van der Waals surface area (Å²) >= 11 is 0. The number of aryl methyl sites for hydroxylation is 1. The Morgan fingerprint density at radius 3 is 2.89 bits per heavy atom. The van der Waals surface area contributed by atoms with Crippen LogP contribution in [0.25, 0.3) is 0 Å². The number of ether oxygens (including phenoxy) is 1. The van der Waals surface area contributed by atoms with Gasteiger partial charge in [0.15, 0.2) is 11.8 Å². The van der Waals surface area contributed by atoms with Crippen molar-refractivity contribution in [2.45, 2.75) is 83.9 Å². The molecule has 0 spiro atoms. The lowest BCUT2D eigenvalue weighted by Crippen LogP contribution is -2.47. The van der Waals surface area contributed by atoms with Crippen LogP contribution in [0.15, 0.2) is 4.99 Å². The van der Waals surface area contributed by atoms with Crippen LogP contribution in [0.5, 0.6) is 0 Å². The summed E-state index contributed by atoms with van der Waals surface area (Å²) in [7, 11) is 1.68. The molecule has 1 atom stereocenters. The zero-order valence-electron chi connectivity index (χ0n) is 17.0. The largest absolute Gasteiger partial charge is 0.377 e. The molecule has 0 aromatic carbocycles. The molecule has 1 aliphatic carbocycles. The number of nitrogens with one attached hydrogen (secondary N) is 2. The molecule has 1 unspecified atom stereocenters. The molecular formula is C20H36N6O. The highest BCUT2D eigenvalue weighted by molar-refractivity contribution is 5.80. The van der Waals surface area contributed by atoms with Crippen LogP contribution in [0.4, 0.5) is 0 Å². The van der Waals surface area contributed by atoms with Crippen molar-refractivity contribution in [1.29, 1.82) is 0 Å². The van der Waals surface area contributed by atoms with E-state index in [-0.39, 0.29) is 0 Å².